The minimum atomic E-state index is -4.47. The molecule has 1 aromatic carbocycles. The molecule has 1 heterocycles. The van der Waals surface area contributed by atoms with E-state index < -0.39 is 17.8 Å². The van der Waals surface area contributed by atoms with Gasteiger partial charge >= 0.3 is 6.18 Å². The SMILES string of the molecule is CCC(CNC(=O)C1CCCN1)Oc1ccccc1C(F)(F)F.Cl. The van der Waals surface area contributed by atoms with Gasteiger partial charge in [-0.2, -0.15) is 13.2 Å². The number of rotatable bonds is 6. The second kappa shape index (κ2) is 9.13. The quantitative estimate of drug-likeness (QED) is 0.813. The van der Waals surface area contributed by atoms with Gasteiger partial charge in [0.1, 0.15) is 11.9 Å². The summed E-state index contributed by atoms with van der Waals surface area (Å²) in [4.78, 5) is 11.9. The van der Waals surface area contributed by atoms with Crippen LogP contribution in [0, 0.1) is 0 Å². The third-order valence-electron chi connectivity index (χ3n) is 3.82. The minimum Gasteiger partial charge on any atom is -0.488 e. The number of carbonyl (C=O) groups is 1. The molecule has 2 N–H and O–H groups in total. The predicted molar refractivity (Wildman–Crippen MR) is 87.4 cm³/mol. The molecule has 1 saturated heterocycles. The van der Waals surface area contributed by atoms with E-state index in [0.717, 1.165) is 25.5 Å². The van der Waals surface area contributed by atoms with Gasteiger partial charge in [-0.25, -0.2) is 0 Å². The highest BCUT2D eigenvalue weighted by Crippen LogP contribution is 2.36. The van der Waals surface area contributed by atoms with Gasteiger partial charge in [-0.05, 0) is 37.9 Å². The van der Waals surface area contributed by atoms with E-state index in [9.17, 15) is 18.0 Å². The molecule has 1 aliphatic heterocycles. The number of halogens is 4. The molecular formula is C16H22ClF3N2O2. The Morgan fingerprint density at radius 1 is 1.42 bits per heavy atom. The van der Waals surface area contributed by atoms with E-state index in [0.29, 0.717) is 6.42 Å². The Morgan fingerprint density at radius 2 is 2.12 bits per heavy atom. The molecule has 8 heteroatoms. The fraction of sp³-hybridized carbons (Fsp3) is 0.562. The molecular weight excluding hydrogens is 345 g/mol. The molecule has 24 heavy (non-hydrogen) atoms. The Morgan fingerprint density at radius 3 is 2.71 bits per heavy atom. The van der Waals surface area contributed by atoms with Gasteiger partial charge in [0.05, 0.1) is 18.2 Å². The molecule has 2 unspecified atom stereocenters. The summed E-state index contributed by atoms with van der Waals surface area (Å²) in [5, 5.41) is 5.82. The molecule has 1 amide bonds. The number of nitrogens with one attached hydrogen (secondary N) is 2. The number of hydrogen-bond acceptors (Lipinski definition) is 3. The maximum Gasteiger partial charge on any atom is 0.419 e. The average molecular weight is 367 g/mol. The molecule has 2 rings (SSSR count). The lowest BCUT2D eigenvalue weighted by atomic mass is 10.2. The zero-order valence-corrected chi connectivity index (χ0v) is 14.2. The Labute approximate surface area is 145 Å². The third kappa shape index (κ3) is 5.56. The van der Waals surface area contributed by atoms with Crippen molar-refractivity contribution in [3.63, 3.8) is 0 Å². The summed E-state index contributed by atoms with van der Waals surface area (Å²) < 4.78 is 44.4. The van der Waals surface area contributed by atoms with Crippen molar-refractivity contribution in [2.45, 2.75) is 44.5 Å². The van der Waals surface area contributed by atoms with E-state index in [1.54, 1.807) is 6.92 Å². The highest BCUT2D eigenvalue weighted by Gasteiger charge is 2.34. The minimum absolute atomic E-state index is 0. The number of carbonyl (C=O) groups excluding carboxylic acids is 1. The monoisotopic (exact) mass is 366 g/mol. The van der Waals surface area contributed by atoms with Crippen molar-refractivity contribution in [2.24, 2.45) is 0 Å². The van der Waals surface area contributed by atoms with Gasteiger partial charge in [-0.3, -0.25) is 4.79 Å². The first-order valence-corrected chi connectivity index (χ1v) is 7.75. The first kappa shape index (κ1) is 20.6. The molecule has 136 valence electrons. The Balaban J connectivity index is 0.00000288. The van der Waals surface area contributed by atoms with Gasteiger partial charge in [0, 0.05) is 0 Å². The van der Waals surface area contributed by atoms with Crippen molar-refractivity contribution >= 4 is 18.3 Å². The van der Waals surface area contributed by atoms with Gasteiger partial charge in [-0.1, -0.05) is 19.1 Å². The summed E-state index contributed by atoms with van der Waals surface area (Å²) >= 11 is 0. The number of para-hydroxylation sites is 1. The fourth-order valence-electron chi connectivity index (χ4n) is 2.50. The van der Waals surface area contributed by atoms with Gasteiger partial charge < -0.3 is 15.4 Å². The predicted octanol–water partition coefficient (Wildman–Crippen LogP) is 3.15. The normalized spacial score (nSPS) is 18.6. The maximum atomic E-state index is 13.0. The van der Waals surface area contributed by atoms with Crippen LogP contribution in [0.25, 0.3) is 0 Å². The van der Waals surface area contributed by atoms with Crippen LogP contribution in [0.2, 0.25) is 0 Å². The topological polar surface area (TPSA) is 50.4 Å². The number of hydrogen-bond donors (Lipinski definition) is 2. The van der Waals surface area contributed by atoms with Gasteiger partial charge in [0.25, 0.3) is 0 Å². The van der Waals surface area contributed by atoms with Crippen molar-refractivity contribution in [1.29, 1.82) is 0 Å². The standard InChI is InChI=1S/C16H21F3N2O2.ClH/c1-2-11(10-21-15(22)13-7-5-9-20-13)23-14-8-4-3-6-12(14)16(17,18)19;/h3-4,6,8,11,13,20H,2,5,7,9-10H2,1H3,(H,21,22);1H. The summed E-state index contributed by atoms with van der Waals surface area (Å²) in [6, 6.07) is 4.90. The summed E-state index contributed by atoms with van der Waals surface area (Å²) in [5.74, 6) is -0.339. The first-order valence-electron chi connectivity index (χ1n) is 7.75. The zero-order chi connectivity index (χ0) is 16.9. The summed E-state index contributed by atoms with van der Waals surface area (Å²) in [5.41, 5.74) is -0.803. The number of amides is 1. The van der Waals surface area contributed by atoms with Gasteiger partial charge in [0.15, 0.2) is 0 Å². The molecule has 4 nitrogen and oxygen atoms in total. The molecule has 0 aromatic heterocycles. The molecule has 0 spiro atoms. The van der Waals surface area contributed by atoms with Crippen molar-refractivity contribution < 1.29 is 22.7 Å². The van der Waals surface area contributed by atoms with Crippen molar-refractivity contribution in [3.8, 4) is 5.75 Å². The van der Waals surface area contributed by atoms with Crippen LogP contribution in [0.15, 0.2) is 24.3 Å². The van der Waals surface area contributed by atoms with Crippen LogP contribution in [0.3, 0.4) is 0 Å². The number of alkyl halides is 3. The van der Waals surface area contributed by atoms with Crippen LogP contribution in [-0.2, 0) is 11.0 Å². The Kier molecular flexibility index (Phi) is 7.83. The molecule has 0 bridgehead atoms. The molecule has 0 saturated carbocycles. The van der Waals surface area contributed by atoms with Crippen LogP contribution in [0.5, 0.6) is 5.75 Å². The van der Waals surface area contributed by atoms with Crippen LogP contribution in [0.1, 0.15) is 31.7 Å². The molecule has 1 fully saturated rings. The highest BCUT2D eigenvalue weighted by molar-refractivity contribution is 5.85. The number of ether oxygens (including phenoxy) is 1. The summed E-state index contributed by atoms with van der Waals surface area (Å²) in [7, 11) is 0. The van der Waals surface area contributed by atoms with Crippen LogP contribution in [0.4, 0.5) is 13.2 Å². The largest absolute Gasteiger partial charge is 0.488 e. The van der Waals surface area contributed by atoms with E-state index >= 15 is 0 Å². The van der Waals surface area contributed by atoms with Crippen LogP contribution >= 0.6 is 12.4 Å². The van der Waals surface area contributed by atoms with Gasteiger partial charge in [0.2, 0.25) is 5.91 Å². The van der Waals surface area contributed by atoms with Crippen molar-refractivity contribution in [1.82, 2.24) is 10.6 Å². The molecule has 2 atom stereocenters. The second-order valence-electron chi connectivity index (χ2n) is 5.54. The zero-order valence-electron chi connectivity index (χ0n) is 13.4. The van der Waals surface area contributed by atoms with E-state index in [2.05, 4.69) is 10.6 Å². The molecule has 0 radical (unpaired) electrons. The van der Waals surface area contributed by atoms with Crippen LogP contribution < -0.4 is 15.4 Å². The van der Waals surface area contributed by atoms with Crippen molar-refractivity contribution in [3.05, 3.63) is 29.8 Å². The third-order valence-corrected chi connectivity index (χ3v) is 3.82. The Hall–Kier alpha value is -1.47. The van der Waals surface area contributed by atoms with E-state index in [1.165, 1.54) is 18.2 Å². The lowest BCUT2D eigenvalue weighted by Gasteiger charge is -2.21. The second-order valence-corrected chi connectivity index (χ2v) is 5.54. The Bertz CT molecular complexity index is 534. The smallest absolute Gasteiger partial charge is 0.419 e. The fourth-order valence-corrected chi connectivity index (χ4v) is 2.50. The van der Waals surface area contributed by atoms with Crippen molar-refractivity contribution in [2.75, 3.05) is 13.1 Å². The average Bonchev–Trinajstić information content (AvgIpc) is 3.05. The van der Waals surface area contributed by atoms with Gasteiger partial charge in [-0.15, -0.1) is 12.4 Å². The molecule has 0 aliphatic carbocycles. The molecule has 1 aromatic rings. The molecule has 1 aliphatic rings. The lowest BCUT2D eigenvalue weighted by Crippen LogP contribution is -2.44. The van der Waals surface area contributed by atoms with Crippen LogP contribution in [-0.4, -0.2) is 31.1 Å². The number of benzene rings is 1. The highest BCUT2D eigenvalue weighted by atomic mass is 35.5. The first-order chi connectivity index (χ1) is 10.9. The van der Waals surface area contributed by atoms with E-state index in [-0.39, 0.29) is 36.7 Å². The van der Waals surface area contributed by atoms with E-state index in [4.69, 9.17) is 4.74 Å². The van der Waals surface area contributed by atoms with E-state index in [1.807, 2.05) is 0 Å². The summed E-state index contributed by atoms with van der Waals surface area (Å²) in [6.07, 6.45) is -2.76. The summed E-state index contributed by atoms with van der Waals surface area (Å²) in [6.45, 7) is 2.80. The lowest BCUT2D eigenvalue weighted by molar-refractivity contribution is -0.139. The maximum absolute atomic E-state index is 13.0.